The predicted molar refractivity (Wildman–Crippen MR) is 54.9 cm³/mol. The highest BCUT2D eigenvalue weighted by atomic mass is 19.3. The van der Waals surface area contributed by atoms with Gasteiger partial charge in [0.05, 0.1) is 0 Å². The van der Waals surface area contributed by atoms with Crippen LogP contribution in [0.5, 0.6) is 0 Å². The quantitative estimate of drug-likeness (QED) is 0.698. The standard InChI is InChI=1S/C12H12F2O/c1-3-4-10-5-7-11(8-6-10)12(13,14)9(2)15/h3,5-8H,1,4H2,2H3. The van der Waals surface area contributed by atoms with E-state index in [2.05, 4.69) is 6.58 Å². The van der Waals surface area contributed by atoms with Crippen molar-refractivity contribution < 1.29 is 13.6 Å². The topological polar surface area (TPSA) is 17.1 Å². The van der Waals surface area contributed by atoms with Crippen molar-refractivity contribution in [3.05, 3.63) is 48.0 Å². The number of halogens is 2. The van der Waals surface area contributed by atoms with E-state index in [4.69, 9.17) is 0 Å². The highest BCUT2D eigenvalue weighted by Crippen LogP contribution is 2.28. The zero-order valence-electron chi connectivity index (χ0n) is 8.47. The van der Waals surface area contributed by atoms with Gasteiger partial charge in [-0.3, -0.25) is 4.79 Å². The summed E-state index contributed by atoms with van der Waals surface area (Å²) in [6.07, 6.45) is 2.32. The van der Waals surface area contributed by atoms with Crippen LogP contribution in [-0.2, 0) is 17.1 Å². The van der Waals surface area contributed by atoms with Gasteiger partial charge in [-0.25, -0.2) is 0 Å². The Labute approximate surface area is 87.4 Å². The predicted octanol–water partition coefficient (Wildman–Crippen LogP) is 3.10. The van der Waals surface area contributed by atoms with Crippen molar-refractivity contribution in [1.82, 2.24) is 0 Å². The van der Waals surface area contributed by atoms with Gasteiger partial charge in [-0.15, -0.1) is 6.58 Å². The summed E-state index contributed by atoms with van der Waals surface area (Å²) in [5.41, 5.74) is 0.635. The van der Waals surface area contributed by atoms with E-state index < -0.39 is 11.7 Å². The van der Waals surface area contributed by atoms with Crippen molar-refractivity contribution in [3.8, 4) is 0 Å². The fourth-order valence-corrected chi connectivity index (χ4v) is 1.22. The number of ketones is 1. The SMILES string of the molecule is C=CCc1ccc(C(F)(F)C(C)=O)cc1. The van der Waals surface area contributed by atoms with Crippen LogP contribution in [0.2, 0.25) is 0 Å². The molecule has 0 saturated heterocycles. The number of hydrogen-bond acceptors (Lipinski definition) is 1. The molecule has 0 aliphatic rings. The maximum Gasteiger partial charge on any atom is 0.330 e. The van der Waals surface area contributed by atoms with Crippen LogP contribution in [0.4, 0.5) is 8.78 Å². The first kappa shape index (κ1) is 11.6. The van der Waals surface area contributed by atoms with Crippen molar-refractivity contribution >= 4 is 5.78 Å². The Kier molecular flexibility index (Phi) is 3.35. The summed E-state index contributed by atoms with van der Waals surface area (Å²) in [7, 11) is 0. The molecule has 0 heterocycles. The van der Waals surface area contributed by atoms with Crippen LogP contribution in [0.3, 0.4) is 0 Å². The molecule has 0 bridgehead atoms. The molecule has 0 radical (unpaired) electrons. The zero-order chi connectivity index (χ0) is 11.5. The number of Topliss-reactive ketones (excluding diaryl/α,β-unsaturated/α-hetero) is 1. The molecule has 1 aromatic carbocycles. The molecule has 3 heteroatoms. The number of alkyl halides is 2. The van der Waals surface area contributed by atoms with Crippen molar-refractivity contribution in [2.75, 3.05) is 0 Å². The third kappa shape index (κ3) is 2.49. The average Bonchev–Trinajstić information content (AvgIpc) is 2.19. The molecule has 1 aromatic rings. The molecule has 0 aromatic heterocycles. The van der Waals surface area contributed by atoms with Gasteiger partial charge < -0.3 is 0 Å². The Morgan fingerprint density at radius 3 is 2.33 bits per heavy atom. The van der Waals surface area contributed by atoms with Crippen LogP contribution in [-0.4, -0.2) is 5.78 Å². The molecule has 0 N–H and O–H groups in total. The van der Waals surface area contributed by atoms with Crippen LogP contribution in [0.1, 0.15) is 18.1 Å². The molecule has 0 unspecified atom stereocenters. The lowest BCUT2D eigenvalue weighted by Gasteiger charge is -2.13. The number of allylic oxidation sites excluding steroid dienone is 1. The van der Waals surface area contributed by atoms with E-state index in [9.17, 15) is 13.6 Å². The third-order valence-electron chi connectivity index (χ3n) is 2.14. The van der Waals surface area contributed by atoms with Gasteiger partial charge in [0.25, 0.3) is 0 Å². The molecule has 1 nitrogen and oxygen atoms in total. The van der Waals surface area contributed by atoms with Crippen LogP contribution >= 0.6 is 0 Å². The van der Waals surface area contributed by atoms with E-state index >= 15 is 0 Å². The number of benzene rings is 1. The smallest absolute Gasteiger partial charge is 0.293 e. The largest absolute Gasteiger partial charge is 0.330 e. The van der Waals surface area contributed by atoms with Gasteiger partial charge in [0.15, 0.2) is 0 Å². The minimum absolute atomic E-state index is 0.261. The zero-order valence-corrected chi connectivity index (χ0v) is 8.47. The highest BCUT2D eigenvalue weighted by molar-refractivity contribution is 5.84. The molecule has 0 saturated carbocycles. The van der Waals surface area contributed by atoms with E-state index in [-0.39, 0.29) is 5.56 Å². The number of hydrogen-bond donors (Lipinski definition) is 0. The van der Waals surface area contributed by atoms with E-state index in [1.54, 1.807) is 18.2 Å². The number of carbonyl (C=O) groups is 1. The van der Waals surface area contributed by atoms with Crippen LogP contribution in [0.25, 0.3) is 0 Å². The van der Waals surface area contributed by atoms with Gasteiger partial charge in [-0.1, -0.05) is 30.3 Å². The molecule has 0 amide bonds. The first-order valence-electron chi connectivity index (χ1n) is 4.57. The van der Waals surface area contributed by atoms with Gasteiger partial charge >= 0.3 is 5.92 Å². The van der Waals surface area contributed by atoms with Gasteiger partial charge in [0.2, 0.25) is 5.78 Å². The maximum atomic E-state index is 13.2. The summed E-state index contributed by atoms with van der Waals surface area (Å²) in [6, 6.07) is 5.71. The molecule has 0 aliphatic heterocycles. The maximum absolute atomic E-state index is 13.2. The summed E-state index contributed by atoms with van der Waals surface area (Å²) < 4.78 is 26.5. The Hall–Kier alpha value is -1.51. The number of carbonyl (C=O) groups excluding carboxylic acids is 1. The third-order valence-corrected chi connectivity index (χ3v) is 2.14. The normalized spacial score (nSPS) is 11.1. The van der Waals surface area contributed by atoms with Gasteiger partial charge in [-0.05, 0) is 12.0 Å². The van der Waals surface area contributed by atoms with Gasteiger partial charge in [0.1, 0.15) is 0 Å². The molecule has 80 valence electrons. The average molecular weight is 210 g/mol. The Morgan fingerprint density at radius 1 is 1.40 bits per heavy atom. The lowest BCUT2D eigenvalue weighted by molar-refractivity contribution is -0.141. The Morgan fingerprint density at radius 2 is 1.93 bits per heavy atom. The first-order valence-corrected chi connectivity index (χ1v) is 4.57. The fourth-order valence-electron chi connectivity index (χ4n) is 1.22. The first-order chi connectivity index (χ1) is 6.98. The second kappa shape index (κ2) is 4.34. The van der Waals surface area contributed by atoms with Crippen molar-refractivity contribution in [2.24, 2.45) is 0 Å². The minimum atomic E-state index is -3.38. The van der Waals surface area contributed by atoms with Crippen LogP contribution < -0.4 is 0 Å². The molecule has 0 fully saturated rings. The fraction of sp³-hybridized carbons (Fsp3) is 0.250. The Balaban J connectivity index is 2.98. The summed E-state index contributed by atoms with van der Waals surface area (Å²) in [6.45, 7) is 4.44. The molecular formula is C12H12F2O. The highest BCUT2D eigenvalue weighted by Gasteiger charge is 2.36. The molecule has 15 heavy (non-hydrogen) atoms. The molecule has 0 spiro atoms. The van der Waals surface area contributed by atoms with Crippen molar-refractivity contribution in [1.29, 1.82) is 0 Å². The monoisotopic (exact) mass is 210 g/mol. The minimum Gasteiger partial charge on any atom is -0.293 e. The van der Waals surface area contributed by atoms with Gasteiger partial charge in [0, 0.05) is 12.5 Å². The molecular weight excluding hydrogens is 198 g/mol. The number of rotatable bonds is 4. The summed E-state index contributed by atoms with van der Waals surface area (Å²) in [5.74, 6) is -4.52. The molecule has 0 aliphatic carbocycles. The molecule has 1 rings (SSSR count). The second-order valence-corrected chi connectivity index (χ2v) is 3.32. The van der Waals surface area contributed by atoms with E-state index in [0.717, 1.165) is 12.5 Å². The summed E-state index contributed by atoms with van der Waals surface area (Å²) in [4.78, 5) is 10.7. The molecule has 0 atom stereocenters. The van der Waals surface area contributed by atoms with Crippen LogP contribution in [0.15, 0.2) is 36.9 Å². The van der Waals surface area contributed by atoms with E-state index in [1.165, 1.54) is 12.1 Å². The van der Waals surface area contributed by atoms with E-state index in [0.29, 0.717) is 6.42 Å². The van der Waals surface area contributed by atoms with E-state index in [1.807, 2.05) is 0 Å². The van der Waals surface area contributed by atoms with Crippen molar-refractivity contribution in [3.63, 3.8) is 0 Å². The summed E-state index contributed by atoms with van der Waals surface area (Å²) >= 11 is 0. The Bertz CT molecular complexity index is 366. The lowest BCUT2D eigenvalue weighted by atomic mass is 10.0. The van der Waals surface area contributed by atoms with Crippen molar-refractivity contribution in [2.45, 2.75) is 19.3 Å². The van der Waals surface area contributed by atoms with Crippen LogP contribution in [0, 0.1) is 0 Å². The van der Waals surface area contributed by atoms with Gasteiger partial charge in [-0.2, -0.15) is 8.78 Å². The summed E-state index contributed by atoms with van der Waals surface area (Å²) in [5, 5.41) is 0. The lowest BCUT2D eigenvalue weighted by Crippen LogP contribution is -2.22. The second-order valence-electron chi connectivity index (χ2n) is 3.32.